The molecule has 0 spiro atoms. The average molecular weight is 513 g/mol. The average Bonchev–Trinajstić information content (AvgIpc) is 3.15. The van der Waals surface area contributed by atoms with Crippen molar-refractivity contribution in [3.05, 3.63) is 47.5 Å². The number of carbonyl (C=O) groups is 1. The number of pyridine rings is 3. The van der Waals surface area contributed by atoms with E-state index in [2.05, 4.69) is 37.4 Å². The zero-order chi connectivity index (χ0) is 25.3. The van der Waals surface area contributed by atoms with E-state index in [1.807, 2.05) is 12.1 Å². The fourth-order valence-electron chi connectivity index (χ4n) is 4.77. The van der Waals surface area contributed by atoms with Crippen LogP contribution in [0.25, 0.3) is 11.0 Å². The maximum Gasteiger partial charge on any atom is 0.235 e. The minimum atomic E-state index is -0.519. The third-order valence-electron chi connectivity index (χ3n) is 6.81. The number of methoxy groups -OCH3 is 1. The van der Waals surface area contributed by atoms with Crippen molar-refractivity contribution >= 4 is 34.5 Å². The highest BCUT2D eigenvalue weighted by Crippen LogP contribution is 2.32. The second-order valence-corrected chi connectivity index (χ2v) is 10.6. The van der Waals surface area contributed by atoms with Gasteiger partial charge < -0.3 is 20.5 Å². The topological polar surface area (TPSA) is 113 Å². The van der Waals surface area contributed by atoms with Crippen LogP contribution in [0.5, 0.6) is 5.88 Å². The van der Waals surface area contributed by atoms with Crippen LogP contribution in [0.1, 0.15) is 18.2 Å². The number of hydrogen-bond acceptors (Lipinski definition) is 9. The first-order chi connectivity index (χ1) is 17.3. The number of hydrogen-bond donors (Lipinski definition) is 3. The lowest BCUT2D eigenvalue weighted by Crippen LogP contribution is -2.41. The number of rotatable bonds is 8. The number of carbonyl (C=O) groups excluding carboxylic acids is 1. The highest BCUT2D eigenvalue weighted by atomic mass is 32.2. The van der Waals surface area contributed by atoms with Crippen molar-refractivity contribution < 1.29 is 19.0 Å². The van der Waals surface area contributed by atoms with E-state index in [-0.39, 0.29) is 17.1 Å². The van der Waals surface area contributed by atoms with Crippen LogP contribution in [0.3, 0.4) is 0 Å². The van der Waals surface area contributed by atoms with E-state index in [1.54, 1.807) is 12.1 Å². The van der Waals surface area contributed by atoms with Gasteiger partial charge in [0.25, 0.3) is 0 Å². The summed E-state index contributed by atoms with van der Waals surface area (Å²) in [7, 11) is 1.53. The number of aliphatic hydroxyl groups is 1. The molecule has 2 aliphatic rings. The minimum absolute atomic E-state index is 0.0404. The Morgan fingerprint density at radius 1 is 1.33 bits per heavy atom. The first-order valence-electron chi connectivity index (χ1n) is 11.9. The van der Waals surface area contributed by atoms with Crippen molar-refractivity contribution in [2.75, 3.05) is 44.4 Å². The quantitative estimate of drug-likeness (QED) is 0.418. The molecule has 0 bridgehead atoms. The largest absolute Gasteiger partial charge is 0.481 e. The molecule has 190 valence electrons. The van der Waals surface area contributed by atoms with E-state index in [1.165, 1.54) is 25.1 Å². The van der Waals surface area contributed by atoms with Gasteiger partial charge in [-0.05, 0) is 24.6 Å². The van der Waals surface area contributed by atoms with E-state index in [9.17, 15) is 14.3 Å². The SMILES string of the molecule is COc1ccc2ncc(F)c(CCN3CC(O)C(C)(CNCc4ccc5c(n4)NC(=O)CS5)C3)c2n1. The second-order valence-electron chi connectivity index (χ2n) is 9.55. The Labute approximate surface area is 212 Å². The summed E-state index contributed by atoms with van der Waals surface area (Å²) in [4.78, 5) is 27.9. The standard InChI is InChI=1S/C25H29FN6O3S/c1-25(13-27-9-15-3-5-19-24(29-15)30-21(34)12-36-19)14-32(11-20(25)33)8-7-16-17(26)10-28-18-4-6-22(35-2)31-23(16)18/h3-6,10,20,27,33H,7-9,11-14H2,1-2H3,(H,29,30,34). The van der Waals surface area contributed by atoms with E-state index >= 15 is 0 Å². The Bertz CT molecular complexity index is 1290. The summed E-state index contributed by atoms with van der Waals surface area (Å²) in [5.74, 6) is 1.01. The van der Waals surface area contributed by atoms with Gasteiger partial charge in [-0.2, -0.15) is 0 Å². The second kappa shape index (κ2) is 10.3. The summed E-state index contributed by atoms with van der Waals surface area (Å²) in [5.41, 5.74) is 2.09. The molecule has 11 heteroatoms. The number of nitrogens with zero attached hydrogens (tertiary/aromatic N) is 4. The lowest BCUT2D eigenvalue weighted by molar-refractivity contribution is -0.113. The minimum Gasteiger partial charge on any atom is -0.481 e. The number of thioether (sulfide) groups is 1. The van der Waals surface area contributed by atoms with Crippen molar-refractivity contribution in [3.8, 4) is 5.88 Å². The molecule has 3 N–H and O–H groups in total. The number of β-amino-alcohol motifs (C(OH)–C–C–N with tert-alkyl or cyclic N) is 1. The Morgan fingerprint density at radius 2 is 2.19 bits per heavy atom. The zero-order valence-electron chi connectivity index (χ0n) is 20.3. The molecule has 1 saturated heterocycles. The maximum atomic E-state index is 14.7. The van der Waals surface area contributed by atoms with Crippen molar-refractivity contribution in [2.24, 2.45) is 5.41 Å². The van der Waals surface area contributed by atoms with E-state index in [0.29, 0.717) is 73.2 Å². The first-order valence-corrected chi connectivity index (χ1v) is 12.8. The number of likely N-dealkylation sites (tertiary alicyclic amines) is 1. The van der Waals surface area contributed by atoms with Crippen molar-refractivity contribution in [1.82, 2.24) is 25.2 Å². The number of aromatic nitrogens is 3. The molecule has 2 unspecified atom stereocenters. The van der Waals surface area contributed by atoms with Gasteiger partial charge in [-0.25, -0.2) is 14.4 Å². The predicted molar refractivity (Wildman–Crippen MR) is 136 cm³/mol. The van der Waals surface area contributed by atoms with Crippen molar-refractivity contribution in [3.63, 3.8) is 0 Å². The number of amides is 1. The van der Waals surface area contributed by atoms with Gasteiger partial charge in [0.05, 0.1) is 46.8 Å². The molecule has 5 rings (SSSR count). The highest BCUT2D eigenvalue weighted by Gasteiger charge is 2.41. The van der Waals surface area contributed by atoms with Gasteiger partial charge in [-0.1, -0.05) is 6.92 Å². The molecule has 0 radical (unpaired) electrons. The molecule has 0 aromatic carbocycles. The summed E-state index contributed by atoms with van der Waals surface area (Å²) in [6, 6.07) is 7.41. The van der Waals surface area contributed by atoms with Crippen LogP contribution in [0.4, 0.5) is 10.2 Å². The smallest absolute Gasteiger partial charge is 0.235 e. The lowest BCUT2D eigenvalue weighted by atomic mass is 9.87. The fourth-order valence-corrected chi connectivity index (χ4v) is 5.52. The summed E-state index contributed by atoms with van der Waals surface area (Å²) in [6.45, 7) is 4.95. The monoisotopic (exact) mass is 512 g/mol. The van der Waals surface area contributed by atoms with Crippen molar-refractivity contribution in [2.45, 2.75) is 30.9 Å². The van der Waals surface area contributed by atoms with E-state index < -0.39 is 6.10 Å². The number of fused-ring (bicyclic) bond motifs is 2. The summed E-state index contributed by atoms with van der Waals surface area (Å²) >= 11 is 1.49. The molecular formula is C25H29FN6O3S. The molecule has 36 heavy (non-hydrogen) atoms. The van der Waals surface area contributed by atoms with E-state index in [4.69, 9.17) is 4.74 Å². The van der Waals surface area contributed by atoms with Gasteiger partial charge in [0.15, 0.2) is 0 Å². The molecule has 1 amide bonds. The molecule has 3 aromatic rings. The number of anilines is 1. The molecule has 1 fully saturated rings. The van der Waals surface area contributed by atoms with E-state index in [0.717, 1.165) is 10.6 Å². The fraction of sp³-hybridized carbons (Fsp3) is 0.440. The molecule has 5 heterocycles. The van der Waals surface area contributed by atoms with Crippen LogP contribution in [-0.2, 0) is 17.8 Å². The maximum absolute atomic E-state index is 14.7. The Kier molecular flexibility index (Phi) is 7.07. The zero-order valence-corrected chi connectivity index (χ0v) is 21.1. The van der Waals surface area contributed by atoms with Crippen LogP contribution >= 0.6 is 11.8 Å². The van der Waals surface area contributed by atoms with Gasteiger partial charge >= 0.3 is 0 Å². The van der Waals surface area contributed by atoms with Crippen molar-refractivity contribution in [1.29, 1.82) is 0 Å². The third-order valence-corrected chi connectivity index (χ3v) is 7.86. The number of nitrogens with one attached hydrogen (secondary N) is 2. The highest BCUT2D eigenvalue weighted by molar-refractivity contribution is 8.00. The summed E-state index contributed by atoms with van der Waals surface area (Å²) in [5, 5.41) is 17.1. The summed E-state index contributed by atoms with van der Waals surface area (Å²) < 4.78 is 19.9. The molecule has 9 nitrogen and oxygen atoms in total. The number of aliphatic hydroxyl groups excluding tert-OH is 1. The van der Waals surface area contributed by atoms with Gasteiger partial charge in [-0.15, -0.1) is 11.8 Å². The third kappa shape index (κ3) is 5.15. The Hall–Kier alpha value is -2.86. The van der Waals surface area contributed by atoms with Crippen LogP contribution in [0, 0.1) is 11.2 Å². The van der Waals surface area contributed by atoms with Crippen LogP contribution < -0.4 is 15.4 Å². The lowest BCUT2D eigenvalue weighted by Gasteiger charge is -2.28. The first kappa shape index (κ1) is 24.8. The predicted octanol–water partition coefficient (Wildman–Crippen LogP) is 2.23. The number of ether oxygens (including phenoxy) is 1. The van der Waals surface area contributed by atoms with Crippen LogP contribution in [0.2, 0.25) is 0 Å². The van der Waals surface area contributed by atoms with Gasteiger partial charge in [0, 0.05) is 49.8 Å². The van der Waals surface area contributed by atoms with Gasteiger partial charge in [0.1, 0.15) is 11.6 Å². The molecule has 2 aliphatic heterocycles. The van der Waals surface area contributed by atoms with Crippen LogP contribution in [0.15, 0.2) is 35.4 Å². The Balaban J connectivity index is 1.19. The van der Waals surface area contributed by atoms with Crippen LogP contribution in [-0.4, -0.2) is 76.0 Å². The normalized spacial score (nSPS) is 22.0. The molecule has 0 saturated carbocycles. The van der Waals surface area contributed by atoms with Gasteiger partial charge in [0.2, 0.25) is 11.8 Å². The molecule has 3 aromatic heterocycles. The molecule has 2 atom stereocenters. The number of halogens is 1. The summed E-state index contributed by atoms with van der Waals surface area (Å²) in [6.07, 6.45) is 1.16. The molecule has 0 aliphatic carbocycles. The molecular weight excluding hydrogens is 483 g/mol. The van der Waals surface area contributed by atoms with Gasteiger partial charge in [-0.3, -0.25) is 14.7 Å². The Morgan fingerprint density at radius 3 is 3.03 bits per heavy atom.